The Labute approximate surface area is 493 Å². The van der Waals surface area contributed by atoms with Crippen LogP contribution in [0, 0.1) is 0 Å². The van der Waals surface area contributed by atoms with Gasteiger partial charge < -0.3 is 14.2 Å². The average molecular weight is 1110 g/mol. The van der Waals surface area contributed by atoms with E-state index < -0.39 is 6.10 Å². The van der Waals surface area contributed by atoms with Crippen molar-refractivity contribution in [1.82, 2.24) is 0 Å². The molecule has 0 N–H and O–H groups in total. The van der Waals surface area contributed by atoms with Crippen LogP contribution in [0.25, 0.3) is 0 Å². The molecule has 1 atom stereocenters. The summed E-state index contributed by atoms with van der Waals surface area (Å²) in [7, 11) is 0. The first-order chi connectivity index (χ1) is 39.5. The maximum Gasteiger partial charge on any atom is 0.306 e. The first-order valence-electron chi connectivity index (χ1n) is 32.8. The Kier molecular flexibility index (Phi) is 62.9. The molecule has 0 aliphatic rings. The molecule has 0 bridgehead atoms. The van der Waals surface area contributed by atoms with Crippen molar-refractivity contribution < 1.29 is 28.6 Å². The predicted molar refractivity (Wildman–Crippen MR) is 348 cm³/mol. The van der Waals surface area contributed by atoms with E-state index in [9.17, 15) is 14.4 Å². The van der Waals surface area contributed by atoms with Crippen molar-refractivity contribution in [2.45, 2.75) is 290 Å². The molecule has 0 aromatic heterocycles. The molecular formula is C74H120O6. The molecule has 0 rings (SSSR count). The minimum Gasteiger partial charge on any atom is -0.462 e. The summed E-state index contributed by atoms with van der Waals surface area (Å²) < 4.78 is 16.9. The van der Waals surface area contributed by atoms with Gasteiger partial charge in [-0.05, 0) is 135 Å². The fraction of sp³-hybridized carbons (Fsp3) is 0.635. The minimum absolute atomic E-state index is 0.108. The fourth-order valence-electron chi connectivity index (χ4n) is 8.71. The van der Waals surface area contributed by atoms with Crippen LogP contribution in [0.5, 0.6) is 0 Å². The van der Waals surface area contributed by atoms with Crippen molar-refractivity contribution in [3.05, 3.63) is 146 Å². The van der Waals surface area contributed by atoms with Gasteiger partial charge in [-0.1, -0.05) is 276 Å². The van der Waals surface area contributed by atoms with Crippen molar-refractivity contribution in [3.8, 4) is 0 Å². The molecule has 0 spiro atoms. The van der Waals surface area contributed by atoms with E-state index in [-0.39, 0.29) is 37.5 Å². The van der Waals surface area contributed by atoms with E-state index in [2.05, 4.69) is 167 Å². The lowest BCUT2D eigenvalue weighted by Gasteiger charge is -2.18. The number of esters is 3. The number of carbonyl (C=O) groups is 3. The molecule has 0 fully saturated rings. The van der Waals surface area contributed by atoms with E-state index in [1.165, 1.54) is 109 Å². The van der Waals surface area contributed by atoms with Gasteiger partial charge in [0.2, 0.25) is 0 Å². The zero-order valence-corrected chi connectivity index (χ0v) is 51.8. The van der Waals surface area contributed by atoms with Gasteiger partial charge in [0.25, 0.3) is 0 Å². The van der Waals surface area contributed by atoms with Gasteiger partial charge in [-0.15, -0.1) is 0 Å². The molecule has 0 saturated heterocycles. The van der Waals surface area contributed by atoms with E-state index >= 15 is 0 Å². The number of allylic oxidation sites excluding steroid dienone is 24. The Morgan fingerprint density at radius 1 is 0.263 bits per heavy atom. The van der Waals surface area contributed by atoms with E-state index in [0.717, 1.165) is 128 Å². The summed E-state index contributed by atoms with van der Waals surface area (Å²) in [4.78, 5) is 38.3. The topological polar surface area (TPSA) is 78.9 Å². The number of hydrogen-bond donors (Lipinski definition) is 0. The summed E-state index contributed by atoms with van der Waals surface area (Å²) in [5.41, 5.74) is 0. The molecule has 0 aromatic carbocycles. The molecular weight excluding hydrogens is 985 g/mol. The Morgan fingerprint density at radius 3 is 0.812 bits per heavy atom. The smallest absolute Gasteiger partial charge is 0.306 e. The largest absolute Gasteiger partial charge is 0.462 e. The summed E-state index contributed by atoms with van der Waals surface area (Å²) in [5.74, 6) is -0.977. The first kappa shape index (κ1) is 75.3. The number of carbonyl (C=O) groups excluding carboxylic acids is 3. The quantitative estimate of drug-likeness (QED) is 0.0261. The van der Waals surface area contributed by atoms with Gasteiger partial charge in [0.05, 0.1) is 0 Å². The Balaban J connectivity index is 4.39. The molecule has 0 amide bonds. The highest BCUT2D eigenvalue weighted by molar-refractivity contribution is 5.71. The molecule has 0 radical (unpaired) electrons. The van der Waals surface area contributed by atoms with Crippen LogP contribution in [-0.4, -0.2) is 37.2 Å². The second-order valence-corrected chi connectivity index (χ2v) is 21.3. The second kappa shape index (κ2) is 66.8. The van der Waals surface area contributed by atoms with Gasteiger partial charge >= 0.3 is 17.9 Å². The average Bonchev–Trinajstić information content (AvgIpc) is 3.46. The highest BCUT2D eigenvalue weighted by Crippen LogP contribution is 2.16. The standard InChI is InChI=1S/C74H120O6/c1-4-7-10-13-16-19-22-25-27-29-31-33-35-36-37-38-40-41-43-45-47-49-52-55-58-61-64-67-73(76)79-70-71(69-78-72(75)66-63-60-57-54-51-24-21-18-15-12-9-6-3)80-74(77)68-65-62-59-56-53-50-48-46-44-42-39-34-32-30-28-26-23-20-17-14-11-8-5-2/h7-8,10-11,16-21,25-28,31-34,42,44,48,50,56,59,71H,4-6,9,12-15,22-24,29-30,35-41,43,45-47,49,51-55,57-58,60-70H2,1-3H3/b10-7-,11-8-,19-16-,20-17-,21-18-,27-25-,28-26-,33-31-,34-32-,44-42-,50-48-,59-56-. The van der Waals surface area contributed by atoms with Crippen LogP contribution >= 0.6 is 0 Å². The second-order valence-electron chi connectivity index (χ2n) is 21.3. The van der Waals surface area contributed by atoms with Gasteiger partial charge in [0.15, 0.2) is 6.10 Å². The fourth-order valence-corrected chi connectivity index (χ4v) is 8.71. The van der Waals surface area contributed by atoms with Crippen molar-refractivity contribution in [2.24, 2.45) is 0 Å². The first-order valence-corrected chi connectivity index (χ1v) is 32.8. The molecule has 80 heavy (non-hydrogen) atoms. The van der Waals surface area contributed by atoms with Crippen molar-refractivity contribution in [3.63, 3.8) is 0 Å². The van der Waals surface area contributed by atoms with E-state index in [1.807, 2.05) is 0 Å². The summed E-state index contributed by atoms with van der Waals surface area (Å²) in [6, 6.07) is 0. The van der Waals surface area contributed by atoms with Crippen LogP contribution in [-0.2, 0) is 28.6 Å². The van der Waals surface area contributed by atoms with E-state index in [4.69, 9.17) is 14.2 Å². The van der Waals surface area contributed by atoms with Crippen molar-refractivity contribution >= 4 is 17.9 Å². The third-order valence-corrected chi connectivity index (χ3v) is 13.6. The van der Waals surface area contributed by atoms with Crippen LogP contribution in [0.3, 0.4) is 0 Å². The summed E-state index contributed by atoms with van der Waals surface area (Å²) in [5, 5.41) is 0. The lowest BCUT2D eigenvalue weighted by molar-refractivity contribution is -0.167. The maximum atomic E-state index is 12.9. The van der Waals surface area contributed by atoms with Crippen molar-refractivity contribution in [2.75, 3.05) is 13.2 Å². The summed E-state index contributed by atoms with van der Waals surface area (Å²) in [6.07, 6.45) is 95.8. The zero-order chi connectivity index (χ0) is 57.8. The summed E-state index contributed by atoms with van der Waals surface area (Å²) in [6.45, 7) is 6.34. The van der Waals surface area contributed by atoms with Crippen molar-refractivity contribution in [1.29, 1.82) is 0 Å². The molecule has 0 saturated carbocycles. The monoisotopic (exact) mass is 1100 g/mol. The molecule has 6 heteroatoms. The van der Waals surface area contributed by atoms with Gasteiger partial charge in [-0.3, -0.25) is 14.4 Å². The van der Waals surface area contributed by atoms with Crippen LogP contribution in [0.4, 0.5) is 0 Å². The zero-order valence-electron chi connectivity index (χ0n) is 51.8. The van der Waals surface area contributed by atoms with Crippen LogP contribution in [0.15, 0.2) is 146 Å². The summed E-state index contributed by atoms with van der Waals surface area (Å²) >= 11 is 0. The molecule has 0 aliphatic heterocycles. The van der Waals surface area contributed by atoms with E-state index in [1.54, 1.807) is 0 Å². The normalized spacial score (nSPS) is 13.1. The molecule has 0 heterocycles. The SMILES string of the molecule is CC/C=C\C/C=C\C/C=C\C/C=C\C/C=C\C/C=C\C/C=C\CCCC(=O)OC(COC(=O)CCCCCCC/C=C\CCCCC)COC(=O)CCCCCCCCCCCCCCCC/C=C\C/C=C\C/C=C\C/C=C\CC. The van der Waals surface area contributed by atoms with Gasteiger partial charge in [-0.2, -0.15) is 0 Å². The molecule has 452 valence electrons. The third kappa shape index (κ3) is 64.1. The predicted octanol–water partition coefficient (Wildman–Crippen LogP) is 22.7. The number of unbranched alkanes of at least 4 members (excludes halogenated alkanes) is 23. The Bertz CT molecular complexity index is 1750. The number of ether oxygens (including phenoxy) is 3. The lowest BCUT2D eigenvalue weighted by atomic mass is 10.0. The highest BCUT2D eigenvalue weighted by Gasteiger charge is 2.19. The van der Waals surface area contributed by atoms with E-state index in [0.29, 0.717) is 19.3 Å². The molecule has 6 nitrogen and oxygen atoms in total. The maximum absolute atomic E-state index is 12.9. The number of hydrogen-bond acceptors (Lipinski definition) is 6. The Hall–Kier alpha value is -4.71. The third-order valence-electron chi connectivity index (χ3n) is 13.6. The minimum atomic E-state index is -0.818. The lowest BCUT2D eigenvalue weighted by Crippen LogP contribution is -2.30. The molecule has 0 aromatic rings. The molecule has 0 aliphatic carbocycles. The number of rotatable bonds is 58. The molecule has 1 unspecified atom stereocenters. The van der Waals surface area contributed by atoms with Gasteiger partial charge in [-0.25, -0.2) is 0 Å². The van der Waals surface area contributed by atoms with Crippen LogP contribution < -0.4 is 0 Å². The Morgan fingerprint density at radius 2 is 0.500 bits per heavy atom. The van der Waals surface area contributed by atoms with Gasteiger partial charge in [0, 0.05) is 19.3 Å². The van der Waals surface area contributed by atoms with Crippen LogP contribution in [0.2, 0.25) is 0 Å². The van der Waals surface area contributed by atoms with Crippen LogP contribution in [0.1, 0.15) is 284 Å². The van der Waals surface area contributed by atoms with Gasteiger partial charge in [0.1, 0.15) is 13.2 Å². The highest BCUT2D eigenvalue weighted by atomic mass is 16.6.